The first-order valence-electron chi connectivity index (χ1n) is 8.61. The van der Waals surface area contributed by atoms with Crippen molar-refractivity contribution >= 4 is 5.69 Å². The Morgan fingerprint density at radius 3 is 2.46 bits per heavy atom. The average Bonchev–Trinajstić information content (AvgIpc) is 3.11. The maximum absolute atomic E-state index is 10.9. The van der Waals surface area contributed by atoms with Gasteiger partial charge in [-0.1, -0.05) is 44.2 Å². The highest BCUT2D eigenvalue weighted by Crippen LogP contribution is 2.28. The van der Waals surface area contributed by atoms with Gasteiger partial charge in [0.05, 0.1) is 10.8 Å². The number of rotatable bonds is 6. The van der Waals surface area contributed by atoms with E-state index in [-0.39, 0.29) is 17.5 Å². The van der Waals surface area contributed by atoms with E-state index < -0.39 is 4.92 Å². The number of nitrogens with zero attached hydrogens (tertiary/aromatic N) is 3. The van der Waals surface area contributed by atoms with Gasteiger partial charge in [0.15, 0.2) is 0 Å². The molecule has 0 aliphatic heterocycles. The van der Waals surface area contributed by atoms with Crippen molar-refractivity contribution in [3.63, 3.8) is 0 Å². The van der Waals surface area contributed by atoms with Gasteiger partial charge < -0.3 is 4.42 Å². The molecule has 1 aromatic heterocycles. The molecule has 0 fully saturated rings. The van der Waals surface area contributed by atoms with E-state index in [1.54, 1.807) is 12.1 Å². The number of hydrogen-bond donors (Lipinski definition) is 0. The molecule has 0 N–H and O–H groups in total. The number of non-ortho nitro benzene ring substituents is 1. The molecule has 3 rings (SSSR count). The van der Waals surface area contributed by atoms with Gasteiger partial charge in [-0.15, -0.1) is 10.2 Å². The van der Waals surface area contributed by atoms with Gasteiger partial charge >= 0.3 is 0 Å². The SMILES string of the molecule is CC(C)Cc1ccc([C@H](C)c2nnc(-c3cccc([N+](=O)[O-])c3)o2)cc1. The second-order valence-electron chi connectivity index (χ2n) is 6.81. The summed E-state index contributed by atoms with van der Waals surface area (Å²) in [5.74, 6) is 1.34. The monoisotopic (exact) mass is 351 g/mol. The molecular weight excluding hydrogens is 330 g/mol. The van der Waals surface area contributed by atoms with Crippen LogP contribution in [0.15, 0.2) is 52.9 Å². The topological polar surface area (TPSA) is 82.1 Å². The van der Waals surface area contributed by atoms with Crippen molar-refractivity contribution in [3.8, 4) is 11.5 Å². The van der Waals surface area contributed by atoms with Gasteiger partial charge in [-0.2, -0.15) is 0 Å². The molecule has 26 heavy (non-hydrogen) atoms. The summed E-state index contributed by atoms with van der Waals surface area (Å²) in [6.07, 6.45) is 1.05. The molecule has 0 amide bonds. The van der Waals surface area contributed by atoms with Crippen LogP contribution in [0.4, 0.5) is 5.69 Å². The zero-order valence-electron chi connectivity index (χ0n) is 15.0. The number of benzene rings is 2. The quantitative estimate of drug-likeness (QED) is 0.461. The number of aromatic nitrogens is 2. The van der Waals surface area contributed by atoms with Crippen LogP contribution in [-0.2, 0) is 6.42 Å². The third-order valence-corrected chi connectivity index (χ3v) is 4.24. The molecule has 3 aromatic rings. The molecule has 1 atom stereocenters. The summed E-state index contributed by atoms with van der Waals surface area (Å²) < 4.78 is 5.77. The van der Waals surface area contributed by atoms with E-state index in [2.05, 4.69) is 48.3 Å². The van der Waals surface area contributed by atoms with Crippen LogP contribution in [0, 0.1) is 16.0 Å². The van der Waals surface area contributed by atoms with Crippen molar-refractivity contribution in [1.29, 1.82) is 0 Å². The van der Waals surface area contributed by atoms with E-state index in [9.17, 15) is 10.1 Å². The minimum absolute atomic E-state index is 0.00367. The molecule has 0 radical (unpaired) electrons. The van der Waals surface area contributed by atoms with Gasteiger partial charge in [0.1, 0.15) is 0 Å². The van der Waals surface area contributed by atoms with Gasteiger partial charge in [-0.25, -0.2) is 0 Å². The van der Waals surface area contributed by atoms with Gasteiger partial charge in [0.2, 0.25) is 11.8 Å². The molecule has 6 nitrogen and oxygen atoms in total. The van der Waals surface area contributed by atoms with Crippen LogP contribution in [0.5, 0.6) is 0 Å². The standard InChI is InChI=1S/C20H21N3O3/c1-13(2)11-15-7-9-16(10-8-15)14(3)19-21-22-20(26-19)17-5-4-6-18(12-17)23(24)25/h4-10,12-14H,11H2,1-3H3/t14-/m0/s1. The average molecular weight is 351 g/mol. The van der Waals surface area contributed by atoms with E-state index in [4.69, 9.17) is 4.42 Å². The Hall–Kier alpha value is -3.02. The van der Waals surface area contributed by atoms with Crippen LogP contribution in [0.25, 0.3) is 11.5 Å². The predicted octanol–water partition coefficient (Wildman–Crippen LogP) is 5.00. The van der Waals surface area contributed by atoms with Crippen molar-refractivity contribution in [2.45, 2.75) is 33.1 Å². The highest BCUT2D eigenvalue weighted by molar-refractivity contribution is 5.57. The largest absolute Gasteiger partial charge is 0.420 e. The molecule has 6 heteroatoms. The fraction of sp³-hybridized carbons (Fsp3) is 0.300. The lowest BCUT2D eigenvalue weighted by Crippen LogP contribution is -1.98. The summed E-state index contributed by atoms with van der Waals surface area (Å²) >= 11 is 0. The Bertz CT molecular complexity index is 901. The smallest absolute Gasteiger partial charge is 0.270 e. The lowest BCUT2D eigenvalue weighted by Gasteiger charge is -2.09. The van der Waals surface area contributed by atoms with Crippen LogP contribution in [-0.4, -0.2) is 15.1 Å². The van der Waals surface area contributed by atoms with Crippen molar-refractivity contribution in [2.24, 2.45) is 5.92 Å². The van der Waals surface area contributed by atoms with Crippen LogP contribution in [0.2, 0.25) is 0 Å². The Morgan fingerprint density at radius 1 is 1.08 bits per heavy atom. The van der Waals surface area contributed by atoms with E-state index in [0.717, 1.165) is 12.0 Å². The van der Waals surface area contributed by atoms with E-state index in [1.165, 1.54) is 17.7 Å². The van der Waals surface area contributed by atoms with E-state index >= 15 is 0 Å². The summed E-state index contributed by atoms with van der Waals surface area (Å²) in [4.78, 5) is 10.5. The van der Waals surface area contributed by atoms with E-state index in [1.807, 2.05) is 6.92 Å². The fourth-order valence-electron chi connectivity index (χ4n) is 2.84. The molecule has 134 valence electrons. The predicted molar refractivity (Wildman–Crippen MR) is 98.9 cm³/mol. The normalized spacial score (nSPS) is 12.3. The lowest BCUT2D eigenvalue weighted by atomic mass is 9.97. The second kappa shape index (κ2) is 7.47. The molecule has 0 aliphatic carbocycles. The maximum Gasteiger partial charge on any atom is 0.270 e. The molecule has 0 saturated carbocycles. The first kappa shape index (κ1) is 17.8. The molecule has 0 bridgehead atoms. The zero-order valence-corrected chi connectivity index (χ0v) is 15.0. The summed E-state index contributed by atoms with van der Waals surface area (Å²) in [6.45, 7) is 6.40. The van der Waals surface area contributed by atoms with Crippen molar-refractivity contribution < 1.29 is 9.34 Å². The molecule has 2 aromatic carbocycles. The summed E-state index contributed by atoms with van der Waals surface area (Å²) in [6, 6.07) is 14.6. The Labute approximate surface area is 152 Å². The summed E-state index contributed by atoms with van der Waals surface area (Å²) in [5, 5.41) is 19.1. The first-order valence-corrected chi connectivity index (χ1v) is 8.61. The fourth-order valence-corrected chi connectivity index (χ4v) is 2.84. The van der Waals surface area contributed by atoms with Crippen molar-refractivity contribution in [2.75, 3.05) is 0 Å². The third-order valence-electron chi connectivity index (χ3n) is 4.24. The highest BCUT2D eigenvalue weighted by atomic mass is 16.6. The first-order chi connectivity index (χ1) is 12.4. The number of hydrogen-bond acceptors (Lipinski definition) is 5. The lowest BCUT2D eigenvalue weighted by molar-refractivity contribution is -0.384. The van der Waals surface area contributed by atoms with Gasteiger partial charge in [-0.3, -0.25) is 10.1 Å². The van der Waals surface area contributed by atoms with Crippen LogP contribution in [0.1, 0.15) is 43.7 Å². The maximum atomic E-state index is 10.9. The third kappa shape index (κ3) is 3.96. The van der Waals surface area contributed by atoms with Crippen molar-refractivity contribution in [3.05, 3.63) is 75.7 Å². The number of nitro benzene ring substituents is 1. The van der Waals surface area contributed by atoms with Crippen LogP contribution < -0.4 is 0 Å². The summed E-state index contributed by atoms with van der Waals surface area (Å²) in [7, 11) is 0. The Balaban J connectivity index is 1.80. The van der Waals surface area contributed by atoms with Crippen LogP contribution in [0.3, 0.4) is 0 Å². The number of nitro groups is 1. The van der Waals surface area contributed by atoms with Crippen LogP contribution >= 0.6 is 0 Å². The molecular formula is C20H21N3O3. The van der Waals surface area contributed by atoms with Gasteiger partial charge in [0.25, 0.3) is 5.69 Å². The Kier molecular flexibility index (Phi) is 5.11. The molecule has 0 aliphatic rings. The summed E-state index contributed by atoms with van der Waals surface area (Å²) in [5.41, 5.74) is 2.93. The minimum Gasteiger partial charge on any atom is -0.420 e. The molecule has 0 saturated heterocycles. The minimum atomic E-state index is -0.442. The second-order valence-corrected chi connectivity index (χ2v) is 6.81. The van der Waals surface area contributed by atoms with E-state index in [0.29, 0.717) is 17.4 Å². The molecule has 0 spiro atoms. The van der Waals surface area contributed by atoms with Crippen molar-refractivity contribution in [1.82, 2.24) is 10.2 Å². The van der Waals surface area contributed by atoms with Gasteiger partial charge in [-0.05, 0) is 36.5 Å². The molecule has 1 heterocycles. The highest BCUT2D eigenvalue weighted by Gasteiger charge is 2.18. The molecule has 0 unspecified atom stereocenters. The van der Waals surface area contributed by atoms with Gasteiger partial charge in [0, 0.05) is 17.7 Å². The zero-order chi connectivity index (χ0) is 18.7. The Morgan fingerprint density at radius 2 is 1.81 bits per heavy atom.